The van der Waals surface area contributed by atoms with Crippen LogP contribution in [0.2, 0.25) is 0 Å². The van der Waals surface area contributed by atoms with Gasteiger partial charge in [-0.1, -0.05) is 20.8 Å². The maximum Gasteiger partial charge on any atom is 0.245 e. The summed E-state index contributed by atoms with van der Waals surface area (Å²) in [6.45, 7) is 9.56. The lowest BCUT2D eigenvalue weighted by atomic mass is 10.2. The summed E-state index contributed by atoms with van der Waals surface area (Å²) in [5.41, 5.74) is 2.13. The van der Waals surface area contributed by atoms with Gasteiger partial charge in [-0.05, 0) is 32.2 Å². The number of hydrogen-bond acceptors (Lipinski definition) is 5. The van der Waals surface area contributed by atoms with E-state index in [2.05, 4.69) is 41.2 Å². The molecule has 1 saturated heterocycles. The standard InChI is InChI=1S/C14H25N5/c1-4-9-19(11-7-8-15-10-11)14-16-12(5-2)13(6-3)17-18-14/h11,15H,4-10H2,1-3H3. The summed E-state index contributed by atoms with van der Waals surface area (Å²) in [5.74, 6) is 0.810. The molecule has 1 aliphatic heterocycles. The minimum Gasteiger partial charge on any atom is -0.335 e. The Balaban J connectivity index is 2.25. The SMILES string of the molecule is CCCN(c1nnc(CC)c(CC)n1)C1CCNC1. The Morgan fingerprint density at radius 2 is 1.95 bits per heavy atom. The van der Waals surface area contributed by atoms with Crippen LogP contribution in [0, 0.1) is 0 Å². The Morgan fingerprint density at radius 3 is 2.53 bits per heavy atom. The van der Waals surface area contributed by atoms with Gasteiger partial charge in [-0.15, -0.1) is 5.10 Å². The average Bonchev–Trinajstić information content (AvgIpc) is 2.98. The molecule has 0 aliphatic carbocycles. The van der Waals surface area contributed by atoms with Gasteiger partial charge in [0.2, 0.25) is 5.95 Å². The third kappa shape index (κ3) is 3.21. The molecule has 5 heteroatoms. The molecule has 5 nitrogen and oxygen atoms in total. The number of nitrogens with zero attached hydrogens (tertiary/aromatic N) is 4. The third-order valence-electron chi connectivity index (χ3n) is 3.69. The van der Waals surface area contributed by atoms with Crippen molar-refractivity contribution < 1.29 is 0 Å². The third-order valence-corrected chi connectivity index (χ3v) is 3.69. The second kappa shape index (κ2) is 6.80. The van der Waals surface area contributed by atoms with Crippen LogP contribution in [0.4, 0.5) is 5.95 Å². The van der Waals surface area contributed by atoms with Crippen molar-refractivity contribution in [1.82, 2.24) is 20.5 Å². The minimum atomic E-state index is 0.513. The summed E-state index contributed by atoms with van der Waals surface area (Å²) >= 11 is 0. The second-order valence-electron chi connectivity index (χ2n) is 5.05. The van der Waals surface area contributed by atoms with Gasteiger partial charge in [0.25, 0.3) is 0 Å². The van der Waals surface area contributed by atoms with Gasteiger partial charge in [-0.25, -0.2) is 4.98 Å². The zero-order valence-electron chi connectivity index (χ0n) is 12.3. The molecule has 2 heterocycles. The van der Waals surface area contributed by atoms with Gasteiger partial charge >= 0.3 is 0 Å². The van der Waals surface area contributed by atoms with Gasteiger partial charge in [-0.2, -0.15) is 5.10 Å². The molecule has 0 aromatic carbocycles. The predicted molar refractivity (Wildman–Crippen MR) is 77.5 cm³/mol. The summed E-state index contributed by atoms with van der Waals surface area (Å²) in [6, 6.07) is 0.513. The van der Waals surface area contributed by atoms with Gasteiger partial charge in [0, 0.05) is 19.1 Å². The molecule has 0 radical (unpaired) electrons. The van der Waals surface area contributed by atoms with Crippen molar-refractivity contribution in [2.45, 2.75) is 52.5 Å². The van der Waals surface area contributed by atoms with Crippen molar-refractivity contribution in [2.24, 2.45) is 0 Å². The Bertz CT molecular complexity index is 401. The van der Waals surface area contributed by atoms with Crippen molar-refractivity contribution in [3.8, 4) is 0 Å². The summed E-state index contributed by atoms with van der Waals surface area (Å²) in [5, 5.41) is 12.1. The molecule has 1 aromatic heterocycles. The van der Waals surface area contributed by atoms with Crippen LogP contribution in [-0.4, -0.2) is 40.9 Å². The van der Waals surface area contributed by atoms with Gasteiger partial charge in [0.05, 0.1) is 11.4 Å². The number of aromatic nitrogens is 3. The van der Waals surface area contributed by atoms with E-state index in [-0.39, 0.29) is 0 Å². The molecule has 19 heavy (non-hydrogen) atoms. The van der Waals surface area contributed by atoms with Crippen LogP contribution in [0.1, 0.15) is 45.0 Å². The van der Waals surface area contributed by atoms with Gasteiger partial charge < -0.3 is 10.2 Å². The molecular weight excluding hydrogens is 238 g/mol. The highest BCUT2D eigenvalue weighted by atomic mass is 15.3. The number of nitrogens with one attached hydrogen (secondary N) is 1. The van der Waals surface area contributed by atoms with E-state index in [1.165, 1.54) is 6.42 Å². The quantitative estimate of drug-likeness (QED) is 0.844. The molecule has 1 atom stereocenters. The highest BCUT2D eigenvalue weighted by Crippen LogP contribution is 2.17. The normalized spacial score (nSPS) is 18.8. The van der Waals surface area contributed by atoms with Crippen LogP contribution in [0.15, 0.2) is 0 Å². The first-order valence-electron chi connectivity index (χ1n) is 7.49. The van der Waals surface area contributed by atoms with Crippen LogP contribution in [0.5, 0.6) is 0 Å². The van der Waals surface area contributed by atoms with E-state index >= 15 is 0 Å². The Hall–Kier alpha value is -1.23. The van der Waals surface area contributed by atoms with E-state index in [1.807, 2.05) is 0 Å². The lowest BCUT2D eigenvalue weighted by Gasteiger charge is -2.28. The fourth-order valence-corrected chi connectivity index (χ4v) is 2.64. The summed E-state index contributed by atoms with van der Waals surface area (Å²) < 4.78 is 0. The molecule has 0 spiro atoms. The Morgan fingerprint density at radius 1 is 1.16 bits per heavy atom. The first-order valence-corrected chi connectivity index (χ1v) is 7.49. The molecule has 106 valence electrons. The number of rotatable bonds is 6. The van der Waals surface area contributed by atoms with Crippen LogP contribution in [0.25, 0.3) is 0 Å². The molecule has 0 amide bonds. The Kier molecular flexibility index (Phi) is 5.07. The highest BCUT2D eigenvalue weighted by Gasteiger charge is 2.24. The number of hydrogen-bond donors (Lipinski definition) is 1. The summed E-state index contributed by atoms with van der Waals surface area (Å²) in [7, 11) is 0. The van der Waals surface area contributed by atoms with Crippen LogP contribution in [0.3, 0.4) is 0 Å². The smallest absolute Gasteiger partial charge is 0.245 e. The lowest BCUT2D eigenvalue weighted by molar-refractivity contribution is 0.599. The zero-order valence-corrected chi connectivity index (χ0v) is 12.3. The highest BCUT2D eigenvalue weighted by molar-refractivity contribution is 5.33. The lowest BCUT2D eigenvalue weighted by Crippen LogP contribution is -2.39. The van der Waals surface area contributed by atoms with Gasteiger partial charge in [0.15, 0.2) is 0 Å². The average molecular weight is 263 g/mol. The van der Waals surface area contributed by atoms with E-state index < -0.39 is 0 Å². The monoisotopic (exact) mass is 263 g/mol. The molecule has 0 saturated carbocycles. The largest absolute Gasteiger partial charge is 0.335 e. The predicted octanol–water partition coefficient (Wildman–Crippen LogP) is 1.57. The van der Waals surface area contributed by atoms with Crippen LogP contribution in [-0.2, 0) is 12.8 Å². The fourth-order valence-electron chi connectivity index (χ4n) is 2.64. The van der Waals surface area contributed by atoms with E-state index in [4.69, 9.17) is 4.98 Å². The number of aryl methyl sites for hydroxylation is 2. The van der Waals surface area contributed by atoms with Crippen molar-refractivity contribution in [1.29, 1.82) is 0 Å². The molecular formula is C14H25N5. The molecule has 0 bridgehead atoms. The maximum absolute atomic E-state index is 4.75. The van der Waals surface area contributed by atoms with Crippen LogP contribution < -0.4 is 10.2 Å². The molecule has 1 N–H and O–H groups in total. The van der Waals surface area contributed by atoms with E-state index in [9.17, 15) is 0 Å². The minimum absolute atomic E-state index is 0.513. The van der Waals surface area contributed by atoms with Crippen molar-refractivity contribution in [3.05, 3.63) is 11.4 Å². The number of anilines is 1. The van der Waals surface area contributed by atoms with Gasteiger partial charge in [0.1, 0.15) is 0 Å². The molecule has 1 unspecified atom stereocenters. The second-order valence-corrected chi connectivity index (χ2v) is 5.05. The molecule has 2 rings (SSSR count). The maximum atomic E-state index is 4.75. The zero-order chi connectivity index (χ0) is 13.7. The first kappa shape index (κ1) is 14.2. The fraction of sp³-hybridized carbons (Fsp3) is 0.786. The first-order chi connectivity index (χ1) is 9.30. The van der Waals surface area contributed by atoms with Gasteiger partial charge in [-0.3, -0.25) is 0 Å². The van der Waals surface area contributed by atoms with E-state index in [0.717, 1.165) is 56.2 Å². The van der Waals surface area contributed by atoms with E-state index in [1.54, 1.807) is 0 Å². The molecule has 1 aromatic rings. The summed E-state index contributed by atoms with van der Waals surface area (Å²) in [6.07, 6.45) is 4.11. The molecule has 1 aliphatic rings. The van der Waals surface area contributed by atoms with Crippen molar-refractivity contribution in [3.63, 3.8) is 0 Å². The van der Waals surface area contributed by atoms with Crippen molar-refractivity contribution in [2.75, 3.05) is 24.5 Å². The van der Waals surface area contributed by atoms with E-state index in [0.29, 0.717) is 6.04 Å². The molecule has 1 fully saturated rings. The topological polar surface area (TPSA) is 53.9 Å². The Labute approximate surface area is 115 Å². The van der Waals surface area contributed by atoms with Crippen LogP contribution >= 0.6 is 0 Å². The summed E-state index contributed by atoms with van der Waals surface area (Å²) in [4.78, 5) is 7.08. The van der Waals surface area contributed by atoms with Crippen molar-refractivity contribution >= 4 is 5.95 Å².